The van der Waals surface area contributed by atoms with Gasteiger partial charge >= 0.3 is 0 Å². The summed E-state index contributed by atoms with van der Waals surface area (Å²) in [6.07, 6.45) is 7.76. The van der Waals surface area contributed by atoms with Crippen molar-refractivity contribution in [2.24, 2.45) is 0 Å². The van der Waals surface area contributed by atoms with E-state index in [0.717, 1.165) is 12.0 Å². The van der Waals surface area contributed by atoms with Crippen LogP contribution in [0.15, 0.2) is 48.5 Å². The maximum Gasteiger partial charge on any atom is 0.119 e. The normalized spacial score (nSPS) is 10.3. The third-order valence-corrected chi connectivity index (χ3v) is 4.06. The first-order chi connectivity index (χ1) is 11.5. The predicted octanol–water partition coefficient (Wildman–Crippen LogP) is 6.42. The highest BCUT2D eigenvalue weighted by Crippen LogP contribution is 2.23. The van der Waals surface area contributed by atoms with E-state index in [0.29, 0.717) is 17.4 Å². The number of phenols is 2. The molecule has 2 aromatic rings. The highest BCUT2D eigenvalue weighted by Gasteiger charge is 2.02. The molecule has 24 heavy (non-hydrogen) atoms. The fraction of sp³-hybridized carbons (Fsp3) is 0.455. The zero-order valence-corrected chi connectivity index (χ0v) is 15.3. The van der Waals surface area contributed by atoms with Gasteiger partial charge in [0.25, 0.3) is 0 Å². The van der Waals surface area contributed by atoms with Crippen LogP contribution in [0, 0.1) is 0 Å². The summed E-state index contributed by atoms with van der Waals surface area (Å²) >= 11 is 0. The molecule has 0 fully saturated rings. The van der Waals surface area contributed by atoms with Crippen LogP contribution in [-0.4, -0.2) is 10.2 Å². The smallest absolute Gasteiger partial charge is 0.119 e. The number of hydrogen-bond acceptors (Lipinski definition) is 2. The fourth-order valence-electron chi connectivity index (χ4n) is 2.57. The van der Waals surface area contributed by atoms with Crippen LogP contribution in [0.2, 0.25) is 0 Å². The molecule has 0 amide bonds. The predicted molar refractivity (Wildman–Crippen MR) is 103 cm³/mol. The van der Waals surface area contributed by atoms with Gasteiger partial charge in [0.15, 0.2) is 0 Å². The Kier molecular flexibility index (Phi) is 9.67. The Labute approximate surface area is 147 Å². The van der Waals surface area contributed by atoms with Crippen molar-refractivity contribution in [3.05, 3.63) is 59.7 Å². The Balaban J connectivity index is 0.000000254. The molecular formula is C22H32O2. The van der Waals surface area contributed by atoms with Crippen LogP contribution >= 0.6 is 0 Å². The van der Waals surface area contributed by atoms with Gasteiger partial charge in [0.1, 0.15) is 11.5 Å². The minimum Gasteiger partial charge on any atom is -0.508 e. The van der Waals surface area contributed by atoms with E-state index in [9.17, 15) is 5.11 Å². The number of unbranched alkanes of at least 4 members (excludes halogenated alkanes) is 4. The highest BCUT2D eigenvalue weighted by molar-refractivity contribution is 5.33. The average Bonchev–Trinajstić information content (AvgIpc) is 2.57. The summed E-state index contributed by atoms with van der Waals surface area (Å²) in [6.45, 7) is 6.37. The van der Waals surface area contributed by atoms with E-state index >= 15 is 0 Å². The molecule has 0 unspecified atom stereocenters. The SMILES string of the molecule is CC(C)c1ccccc1O.CCCCCCCc1ccc(O)cc1. The van der Waals surface area contributed by atoms with E-state index in [2.05, 4.69) is 20.8 Å². The molecule has 0 aliphatic heterocycles. The van der Waals surface area contributed by atoms with Gasteiger partial charge in [-0.3, -0.25) is 0 Å². The van der Waals surface area contributed by atoms with Crippen LogP contribution in [0.25, 0.3) is 0 Å². The van der Waals surface area contributed by atoms with E-state index < -0.39 is 0 Å². The van der Waals surface area contributed by atoms with E-state index in [1.165, 1.54) is 37.7 Å². The largest absolute Gasteiger partial charge is 0.508 e. The van der Waals surface area contributed by atoms with Crippen LogP contribution in [0.5, 0.6) is 11.5 Å². The molecule has 2 rings (SSSR count). The molecule has 0 aliphatic rings. The van der Waals surface area contributed by atoms with Gasteiger partial charge in [0, 0.05) is 0 Å². The lowest BCUT2D eigenvalue weighted by Crippen LogP contribution is -1.85. The molecule has 0 bridgehead atoms. The lowest BCUT2D eigenvalue weighted by Gasteiger charge is -2.05. The first kappa shape index (κ1) is 20.1. The van der Waals surface area contributed by atoms with E-state index in [1.807, 2.05) is 30.3 Å². The molecule has 0 atom stereocenters. The monoisotopic (exact) mass is 328 g/mol. The Hall–Kier alpha value is -1.96. The molecule has 0 aliphatic carbocycles. The van der Waals surface area contributed by atoms with Crippen LogP contribution < -0.4 is 0 Å². The molecule has 0 heterocycles. The van der Waals surface area contributed by atoms with E-state index in [1.54, 1.807) is 18.2 Å². The first-order valence-electron chi connectivity index (χ1n) is 9.10. The first-order valence-corrected chi connectivity index (χ1v) is 9.10. The van der Waals surface area contributed by atoms with Gasteiger partial charge in [-0.15, -0.1) is 0 Å². The second-order valence-electron chi connectivity index (χ2n) is 6.54. The molecule has 0 aromatic heterocycles. The number of aromatic hydroxyl groups is 2. The van der Waals surface area contributed by atoms with Gasteiger partial charge in [-0.25, -0.2) is 0 Å². The minimum atomic E-state index is 0.361. The van der Waals surface area contributed by atoms with Crippen molar-refractivity contribution in [3.63, 3.8) is 0 Å². The van der Waals surface area contributed by atoms with Crippen LogP contribution in [0.4, 0.5) is 0 Å². The summed E-state index contributed by atoms with van der Waals surface area (Å²) in [5.41, 5.74) is 2.35. The third kappa shape index (κ3) is 8.05. The van der Waals surface area contributed by atoms with E-state index in [-0.39, 0.29) is 0 Å². The van der Waals surface area contributed by atoms with Crippen LogP contribution in [-0.2, 0) is 6.42 Å². The zero-order valence-electron chi connectivity index (χ0n) is 15.3. The maximum atomic E-state index is 9.28. The quantitative estimate of drug-likeness (QED) is 0.576. The lowest BCUT2D eigenvalue weighted by molar-refractivity contribution is 0.465. The van der Waals surface area contributed by atoms with Crippen molar-refractivity contribution >= 4 is 0 Å². The molecule has 0 saturated carbocycles. The van der Waals surface area contributed by atoms with Gasteiger partial charge in [0.05, 0.1) is 0 Å². The Morgan fingerprint density at radius 1 is 0.792 bits per heavy atom. The fourth-order valence-corrected chi connectivity index (χ4v) is 2.57. The molecule has 2 nitrogen and oxygen atoms in total. The average molecular weight is 328 g/mol. The summed E-state index contributed by atoms with van der Waals surface area (Å²) in [5, 5.41) is 18.4. The van der Waals surface area contributed by atoms with Crippen LogP contribution in [0.3, 0.4) is 0 Å². The van der Waals surface area contributed by atoms with Gasteiger partial charge in [-0.2, -0.15) is 0 Å². The number of para-hydroxylation sites is 1. The molecule has 132 valence electrons. The second-order valence-corrected chi connectivity index (χ2v) is 6.54. The van der Waals surface area contributed by atoms with Crippen LogP contribution in [0.1, 0.15) is 69.9 Å². The zero-order chi connectivity index (χ0) is 17.8. The highest BCUT2D eigenvalue weighted by atomic mass is 16.3. The van der Waals surface area contributed by atoms with E-state index in [4.69, 9.17) is 5.11 Å². The molecular weight excluding hydrogens is 296 g/mol. The molecule has 0 saturated heterocycles. The molecule has 0 radical (unpaired) electrons. The summed E-state index contributed by atoms with van der Waals surface area (Å²) in [4.78, 5) is 0. The molecule has 2 N–H and O–H groups in total. The van der Waals surface area contributed by atoms with Gasteiger partial charge in [0.2, 0.25) is 0 Å². The number of hydrogen-bond donors (Lipinski definition) is 2. The van der Waals surface area contributed by atoms with Gasteiger partial charge in [-0.1, -0.05) is 76.8 Å². The van der Waals surface area contributed by atoms with Crippen molar-refractivity contribution < 1.29 is 10.2 Å². The van der Waals surface area contributed by atoms with Gasteiger partial charge in [-0.05, 0) is 48.1 Å². The van der Waals surface area contributed by atoms with Crippen molar-refractivity contribution in [3.8, 4) is 11.5 Å². The molecule has 2 aromatic carbocycles. The standard InChI is InChI=1S/C13H20O.C9H12O/c1-2-3-4-5-6-7-12-8-10-13(14)11-9-12;1-7(2)8-5-3-4-6-9(8)10/h8-11,14H,2-7H2,1H3;3-7,10H,1-2H3. The van der Waals surface area contributed by atoms with Crippen molar-refractivity contribution in [2.75, 3.05) is 0 Å². The summed E-state index contributed by atoms with van der Waals surface area (Å²) < 4.78 is 0. The second kappa shape index (κ2) is 11.6. The number of rotatable bonds is 7. The number of phenolic OH excluding ortho intramolecular Hbond substituents is 2. The Morgan fingerprint density at radius 3 is 1.96 bits per heavy atom. The summed E-state index contributed by atoms with van der Waals surface area (Å²) in [6, 6.07) is 15.0. The summed E-state index contributed by atoms with van der Waals surface area (Å²) in [7, 11) is 0. The lowest BCUT2D eigenvalue weighted by atomic mass is 10.0. The minimum absolute atomic E-state index is 0.361. The molecule has 2 heteroatoms. The number of aryl methyl sites for hydroxylation is 1. The summed E-state index contributed by atoms with van der Waals surface area (Å²) in [5.74, 6) is 1.17. The Bertz CT molecular complexity index is 558. The Morgan fingerprint density at radius 2 is 1.42 bits per heavy atom. The number of benzene rings is 2. The van der Waals surface area contributed by atoms with Gasteiger partial charge < -0.3 is 10.2 Å². The third-order valence-electron chi connectivity index (χ3n) is 4.06. The maximum absolute atomic E-state index is 9.28. The van der Waals surface area contributed by atoms with Crippen molar-refractivity contribution in [1.82, 2.24) is 0 Å². The topological polar surface area (TPSA) is 40.5 Å². The van der Waals surface area contributed by atoms with Crippen molar-refractivity contribution in [1.29, 1.82) is 0 Å². The van der Waals surface area contributed by atoms with Crippen molar-refractivity contribution in [2.45, 2.75) is 65.2 Å². The molecule has 0 spiro atoms.